The van der Waals surface area contributed by atoms with Crippen LogP contribution in [0.2, 0.25) is 0 Å². The second-order valence-corrected chi connectivity index (χ2v) is 13.7. The smallest absolute Gasteiger partial charge is 0.311 e. The third-order valence-corrected chi connectivity index (χ3v) is 11.5. The van der Waals surface area contributed by atoms with Gasteiger partial charge in [0, 0.05) is 17.0 Å². The lowest BCUT2D eigenvalue weighted by Crippen LogP contribution is -2.58. The minimum Gasteiger partial charge on any atom is -0.461 e. The molecule has 3 saturated heterocycles. The van der Waals surface area contributed by atoms with Gasteiger partial charge in [0.2, 0.25) is 5.91 Å². The molecule has 3 aliphatic heterocycles. The lowest BCUT2D eigenvalue weighted by Gasteiger charge is -2.41. The number of ether oxygens (including phenoxy) is 1. The van der Waals surface area contributed by atoms with Crippen molar-refractivity contribution in [3.05, 3.63) is 67.8 Å². The number of anilines is 1. The van der Waals surface area contributed by atoms with Crippen LogP contribution in [0.15, 0.2) is 67.8 Å². The van der Waals surface area contributed by atoms with E-state index in [1.54, 1.807) is 27.6 Å². The minimum absolute atomic E-state index is 0.0491. The van der Waals surface area contributed by atoms with Crippen molar-refractivity contribution in [2.45, 2.75) is 61.6 Å². The molecule has 41 heavy (non-hydrogen) atoms. The van der Waals surface area contributed by atoms with E-state index in [9.17, 15) is 19.5 Å². The molecule has 1 N–H and O–H groups in total. The molecule has 3 fully saturated rings. The summed E-state index contributed by atoms with van der Waals surface area (Å²) in [5, 5.41) is 12.7. The van der Waals surface area contributed by atoms with E-state index >= 15 is 0 Å². The maximum atomic E-state index is 14.9. The predicted molar refractivity (Wildman–Crippen MR) is 164 cm³/mol. The van der Waals surface area contributed by atoms with E-state index in [0.717, 1.165) is 22.9 Å². The Hall–Kier alpha value is -3.10. The number of esters is 1. The van der Waals surface area contributed by atoms with Gasteiger partial charge in [-0.3, -0.25) is 14.4 Å². The van der Waals surface area contributed by atoms with Gasteiger partial charge >= 0.3 is 5.97 Å². The third kappa shape index (κ3) is 4.59. The summed E-state index contributed by atoms with van der Waals surface area (Å²) in [7, 11) is 0. The van der Waals surface area contributed by atoms with Gasteiger partial charge in [-0.15, -0.1) is 18.3 Å². The van der Waals surface area contributed by atoms with Crippen molar-refractivity contribution in [2.75, 3.05) is 24.7 Å². The largest absolute Gasteiger partial charge is 0.461 e. The van der Waals surface area contributed by atoms with Gasteiger partial charge in [0.25, 0.3) is 5.91 Å². The summed E-state index contributed by atoms with van der Waals surface area (Å²) in [5.41, 5.74) is 0.718. The Balaban J connectivity index is 1.64. The van der Waals surface area contributed by atoms with E-state index in [0.29, 0.717) is 12.8 Å². The molecule has 5 rings (SSSR count). The number of rotatable bonds is 11. The number of aliphatic hydroxyl groups is 1. The average molecular weight is 577 g/mol. The van der Waals surface area contributed by atoms with Crippen LogP contribution in [0.25, 0.3) is 10.8 Å². The molecule has 3 aliphatic rings. The van der Waals surface area contributed by atoms with Crippen molar-refractivity contribution in [3.8, 4) is 0 Å². The minimum atomic E-state index is -0.846. The van der Waals surface area contributed by atoms with Crippen molar-refractivity contribution in [2.24, 2.45) is 17.8 Å². The zero-order chi connectivity index (χ0) is 29.5. The molecule has 2 amide bonds. The number of hydrogen-bond acceptors (Lipinski definition) is 6. The Bertz CT molecular complexity index is 1380. The SMILES string of the molecule is C=CCOC(=O)[C@@H]1[C@H]2C(=O)N([C@@H](CO)[C@@H](C)CC)C(C(=O)N(CC=C)c3ccc4ccccc4c3)C23CC[C@@]1(C)S3. The van der Waals surface area contributed by atoms with Crippen molar-refractivity contribution < 1.29 is 24.2 Å². The molecule has 1 spiro atoms. The maximum absolute atomic E-state index is 14.9. The molecule has 218 valence electrons. The van der Waals surface area contributed by atoms with Crippen LogP contribution in [0.3, 0.4) is 0 Å². The van der Waals surface area contributed by atoms with E-state index in [2.05, 4.69) is 13.2 Å². The lowest BCUT2D eigenvalue weighted by molar-refractivity contribution is -0.155. The van der Waals surface area contributed by atoms with Gasteiger partial charge in [-0.2, -0.15) is 0 Å². The summed E-state index contributed by atoms with van der Waals surface area (Å²) < 4.78 is 4.19. The molecule has 0 aromatic heterocycles. The Morgan fingerprint density at radius 3 is 2.59 bits per heavy atom. The fraction of sp³-hybridized carbons (Fsp3) is 0.485. The summed E-state index contributed by atoms with van der Waals surface area (Å²) in [6.45, 7) is 13.7. The Labute approximate surface area is 246 Å². The number of hydrogen-bond donors (Lipinski definition) is 1. The molecule has 2 aromatic carbocycles. The zero-order valence-electron chi connectivity index (χ0n) is 24.1. The molecule has 2 bridgehead atoms. The summed E-state index contributed by atoms with van der Waals surface area (Å²) in [6.07, 6.45) is 5.26. The molecule has 8 heteroatoms. The highest BCUT2D eigenvalue weighted by molar-refractivity contribution is 8.02. The van der Waals surface area contributed by atoms with Crippen molar-refractivity contribution in [1.29, 1.82) is 0 Å². The van der Waals surface area contributed by atoms with Crippen LogP contribution >= 0.6 is 11.8 Å². The van der Waals surface area contributed by atoms with E-state index in [1.807, 2.05) is 63.2 Å². The number of carbonyl (C=O) groups excluding carboxylic acids is 3. The fourth-order valence-electron chi connectivity index (χ4n) is 7.35. The lowest BCUT2D eigenvalue weighted by atomic mass is 9.66. The van der Waals surface area contributed by atoms with Gasteiger partial charge in [0.05, 0.1) is 29.2 Å². The van der Waals surface area contributed by atoms with E-state index in [1.165, 1.54) is 6.08 Å². The number of amides is 2. The highest BCUT2D eigenvalue weighted by Crippen LogP contribution is 2.72. The van der Waals surface area contributed by atoms with Gasteiger partial charge in [-0.1, -0.05) is 69.3 Å². The maximum Gasteiger partial charge on any atom is 0.311 e. The number of thioether (sulfide) groups is 1. The number of nitrogens with zero attached hydrogens (tertiary/aromatic N) is 2. The number of aliphatic hydroxyl groups excluding tert-OH is 1. The third-order valence-electron chi connectivity index (χ3n) is 9.51. The van der Waals surface area contributed by atoms with E-state index in [4.69, 9.17) is 4.74 Å². The van der Waals surface area contributed by atoms with Gasteiger partial charge in [0.1, 0.15) is 12.6 Å². The first-order valence-electron chi connectivity index (χ1n) is 14.5. The van der Waals surface area contributed by atoms with Crippen molar-refractivity contribution in [3.63, 3.8) is 0 Å². The van der Waals surface area contributed by atoms with Crippen LogP contribution in [0, 0.1) is 17.8 Å². The fourth-order valence-corrected chi connectivity index (χ4v) is 9.67. The predicted octanol–water partition coefficient (Wildman–Crippen LogP) is 4.98. The van der Waals surface area contributed by atoms with Crippen LogP contribution < -0.4 is 4.90 Å². The van der Waals surface area contributed by atoms with Gasteiger partial charge in [0.15, 0.2) is 0 Å². The molecule has 7 nitrogen and oxygen atoms in total. The quantitative estimate of drug-likeness (QED) is 0.300. The molecule has 3 heterocycles. The topological polar surface area (TPSA) is 87.1 Å². The van der Waals surface area contributed by atoms with Crippen LogP contribution in [-0.2, 0) is 19.1 Å². The molecule has 0 saturated carbocycles. The summed E-state index contributed by atoms with van der Waals surface area (Å²) in [6, 6.07) is 12.5. The average Bonchev–Trinajstić information content (AvgIpc) is 3.55. The Morgan fingerprint density at radius 2 is 1.93 bits per heavy atom. The number of benzene rings is 2. The molecule has 0 aliphatic carbocycles. The first-order valence-corrected chi connectivity index (χ1v) is 15.3. The molecular formula is C33H40N2O5S. The summed E-state index contributed by atoms with van der Waals surface area (Å²) in [5.74, 6) is -2.32. The number of carbonyl (C=O) groups is 3. The van der Waals surface area contributed by atoms with Gasteiger partial charge < -0.3 is 19.6 Å². The van der Waals surface area contributed by atoms with Crippen LogP contribution in [-0.4, -0.2) is 69.1 Å². The monoisotopic (exact) mass is 576 g/mol. The first kappa shape index (κ1) is 29.4. The summed E-state index contributed by atoms with van der Waals surface area (Å²) >= 11 is 1.60. The second-order valence-electron chi connectivity index (χ2n) is 11.8. The standard InChI is InChI=1S/C33H40N2O5S/c1-6-17-34(24-14-13-22-11-9-10-12-23(22)19-24)30(38)28-33-16-15-32(5,41-33)27(31(39)40-18-7-2)26(33)29(37)35(28)25(20-36)21(4)8-3/h6-7,9-14,19,21,25-28,36H,1-2,8,15-18,20H2,3-5H3/t21-,25-,26-,27-,28?,32+,33?/m0/s1. The highest BCUT2D eigenvalue weighted by atomic mass is 32.2. The van der Waals surface area contributed by atoms with Crippen molar-refractivity contribution >= 4 is 46.0 Å². The number of fused-ring (bicyclic) bond motifs is 2. The molecular weight excluding hydrogens is 536 g/mol. The second kappa shape index (κ2) is 11.3. The first-order chi connectivity index (χ1) is 19.7. The normalized spacial score (nSPS) is 29.7. The highest BCUT2D eigenvalue weighted by Gasteiger charge is 2.78. The molecule has 2 unspecified atom stereocenters. The molecule has 2 aromatic rings. The van der Waals surface area contributed by atoms with Crippen molar-refractivity contribution in [1.82, 2.24) is 4.90 Å². The Kier molecular flexibility index (Phi) is 8.09. The van der Waals surface area contributed by atoms with Gasteiger partial charge in [-0.05, 0) is 48.6 Å². The zero-order valence-corrected chi connectivity index (χ0v) is 24.9. The van der Waals surface area contributed by atoms with Crippen LogP contribution in [0.1, 0.15) is 40.0 Å². The number of likely N-dealkylation sites (tertiary alicyclic amines) is 1. The van der Waals surface area contributed by atoms with Crippen LogP contribution in [0.4, 0.5) is 5.69 Å². The molecule has 7 atom stereocenters. The molecule has 0 radical (unpaired) electrons. The van der Waals surface area contributed by atoms with Gasteiger partial charge in [-0.25, -0.2) is 0 Å². The Morgan fingerprint density at radius 1 is 1.20 bits per heavy atom. The van der Waals surface area contributed by atoms with E-state index < -0.39 is 39.4 Å². The van der Waals surface area contributed by atoms with Crippen LogP contribution in [0.5, 0.6) is 0 Å². The summed E-state index contributed by atoms with van der Waals surface area (Å²) in [4.78, 5) is 46.2. The van der Waals surface area contributed by atoms with E-state index in [-0.39, 0.29) is 37.5 Å².